The van der Waals surface area contributed by atoms with E-state index in [4.69, 9.17) is 0 Å². The Morgan fingerprint density at radius 2 is 2.24 bits per heavy atom. The minimum absolute atomic E-state index is 0.00258. The quantitative estimate of drug-likeness (QED) is 0.719. The Bertz CT molecular complexity index is 385. The lowest BCUT2D eigenvalue weighted by Crippen LogP contribution is -2.24. The fraction of sp³-hybridized carbons (Fsp3) is 0.545. The lowest BCUT2D eigenvalue weighted by molar-refractivity contribution is -0.128. The second-order valence-electron chi connectivity index (χ2n) is 3.92. The highest BCUT2D eigenvalue weighted by Crippen LogP contribution is 2.05. The highest BCUT2D eigenvalue weighted by Gasteiger charge is 2.13. The number of hydrogen-bond acceptors (Lipinski definition) is 4. The van der Waals surface area contributed by atoms with Gasteiger partial charge >= 0.3 is 0 Å². The van der Waals surface area contributed by atoms with Gasteiger partial charge in [0.2, 0.25) is 5.91 Å². The van der Waals surface area contributed by atoms with Crippen molar-refractivity contribution < 1.29 is 9.35 Å². The van der Waals surface area contributed by atoms with E-state index in [-0.39, 0.29) is 5.91 Å². The Hall–Kier alpha value is -1.14. The molecule has 17 heavy (non-hydrogen) atoms. The summed E-state index contributed by atoms with van der Waals surface area (Å²) in [6.07, 6.45) is 1.96. The minimum atomic E-state index is -1.05. The monoisotopic (exact) mass is 255 g/mol. The van der Waals surface area contributed by atoms with Crippen molar-refractivity contribution in [1.29, 1.82) is 0 Å². The van der Waals surface area contributed by atoms with E-state index in [2.05, 4.69) is 9.97 Å². The van der Waals surface area contributed by atoms with Crippen molar-refractivity contribution in [2.75, 3.05) is 19.8 Å². The van der Waals surface area contributed by atoms with Crippen molar-refractivity contribution >= 4 is 17.1 Å². The lowest BCUT2D eigenvalue weighted by atomic mass is 10.4. The van der Waals surface area contributed by atoms with Crippen molar-refractivity contribution in [3.05, 3.63) is 23.8 Å². The highest BCUT2D eigenvalue weighted by molar-refractivity contribution is 7.90. The Morgan fingerprint density at radius 1 is 1.53 bits per heavy atom. The molecule has 94 valence electrons. The first kappa shape index (κ1) is 13.9. The van der Waals surface area contributed by atoms with Gasteiger partial charge in [-0.2, -0.15) is 0 Å². The van der Waals surface area contributed by atoms with Gasteiger partial charge in [0.15, 0.2) is 0 Å². The van der Waals surface area contributed by atoms with E-state index in [9.17, 15) is 9.35 Å². The molecule has 1 amide bonds. The maximum Gasteiger partial charge on any atom is 0.226 e. The van der Waals surface area contributed by atoms with E-state index >= 15 is 0 Å². The summed E-state index contributed by atoms with van der Waals surface area (Å²) in [7, 11) is 3.39. The smallest absolute Gasteiger partial charge is 0.226 e. The molecule has 0 aromatic carbocycles. The highest BCUT2D eigenvalue weighted by atomic mass is 32.2. The van der Waals surface area contributed by atoms with Gasteiger partial charge in [-0.05, 0) is 24.2 Å². The lowest BCUT2D eigenvalue weighted by Gasteiger charge is -2.13. The van der Waals surface area contributed by atoms with Gasteiger partial charge in [-0.15, -0.1) is 0 Å². The second-order valence-corrected chi connectivity index (χ2v) is 5.50. The normalized spacial score (nSPS) is 12.2. The van der Waals surface area contributed by atoms with Crippen molar-refractivity contribution in [3.8, 4) is 0 Å². The molecule has 1 heterocycles. The number of rotatable bonds is 5. The molecule has 1 aromatic heterocycles. The summed E-state index contributed by atoms with van der Waals surface area (Å²) in [4.78, 5) is 21.0. The molecule has 0 N–H and O–H groups in total. The van der Waals surface area contributed by atoms with E-state index in [1.165, 1.54) is 4.90 Å². The second kappa shape index (κ2) is 6.56. The largest absolute Gasteiger partial charge is 0.616 e. The van der Waals surface area contributed by atoms with Gasteiger partial charge in [-0.25, -0.2) is 9.97 Å². The van der Waals surface area contributed by atoms with Crippen LogP contribution in [0.1, 0.15) is 17.9 Å². The van der Waals surface area contributed by atoms with E-state index in [1.807, 2.05) is 0 Å². The van der Waals surface area contributed by atoms with Gasteiger partial charge in [0.1, 0.15) is 17.3 Å². The Morgan fingerprint density at radius 3 is 2.82 bits per heavy atom. The van der Waals surface area contributed by atoms with Crippen LogP contribution in [0.2, 0.25) is 0 Å². The zero-order valence-electron chi connectivity index (χ0n) is 10.3. The first-order valence-corrected chi connectivity index (χ1v) is 6.81. The van der Waals surface area contributed by atoms with Crippen LogP contribution in [-0.2, 0) is 21.7 Å². The molecule has 0 spiro atoms. The average Bonchev–Trinajstić information content (AvgIpc) is 2.25. The van der Waals surface area contributed by atoms with E-state index < -0.39 is 11.2 Å². The molecular formula is C11H17N3O2S. The Kier molecular flexibility index (Phi) is 5.37. The minimum Gasteiger partial charge on any atom is -0.616 e. The third-order valence-electron chi connectivity index (χ3n) is 2.18. The van der Waals surface area contributed by atoms with E-state index in [1.54, 1.807) is 33.3 Å². The number of aromatic nitrogens is 2. The molecule has 0 saturated heterocycles. The molecule has 0 fully saturated rings. The van der Waals surface area contributed by atoms with Crippen LogP contribution in [0.3, 0.4) is 0 Å². The summed E-state index contributed by atoms with van der Waals surface area (Å²) in [6, 6.07) is 1.75. The molecule has 1 rings (SSSR count). The molecule has 0 aliphatic heterocycles. The van der Waals surface area contributed by atoms with Crippen LogP contribution >= 0.6 is 0 Å². The number of carbonyl (C=O) groups is 1. The first-order chi connectivity index (χ1) is 7.99. The Balaban J connectivity index is 2.39. The van der Waals surface area contributed by atoms with Gasteiger partial charge in [0.05, 0.1) is 12.1 Å². The van der Waals surface area contributed by atoms with Gasteiger partial charge in [-0.3, -0.25) is 4.79 Å². The topological polar surface area (TPSA) is 69.2 Å². The van der Waals surface area contributed by atoms with Crippen LogP contribution in [0.4, 0.5) is 0 Å². The molecular weight excluding hydrogens is 238 g/mol. The fourth-order valence-corrected chi connectivity index (χ4v) is 2.28. The zero-order valence-corrected chi connectivity index (χ0v) is 11.2. The SMILES string of the molecule is Cc1nccc(C[S+]([O-])CCC(=O)N(C)C)n1. The van der Waals surface area contributed by atoms with Crippen LogP contribution in [0.15, 0.2) is 12.3 Å². The van der Waals surface area contributed by atoms with E-state index in [0.29, 0.717) is 23.8 Å². The van der Waals surface area contributed by atoms with Gasteiger partial charge in [-0.1, -0.05) is 0 Å². The predicted octanol–water partition coefficient (Wildman–Crippen LogP) is 0.512. The number of hydrogen-bond donors (Lipinski definition) is 0. The van der Waals surface area contributed by atoms with Gasteiger partial charge < -0.3 is 9.45 Å². The molecule has 0 radical (unpaired) electrons. The Labute approximate surface area is 104 Å². The van der Waals surface area contributed by atoms with Crippen LogP contribution in [0.25, 0.3) is 0 Å². The van der Waals surface area contributed by atoms with Gasteiger partial charge in [0.25, 0.3) is 0 Å². The molecule has 1 unspecified atom stereocenters. The molecule has 0 bridgehead atoms. The summed E-state index contributed by atoms with van der Waals surface area (Å²) >= 11 is -1.05. The molecule has 5 nitrogen and oxygen atoms in total. The molecule has 0 saturated carbocycles. The maximum absolute atomic E-state index is 11.7. The molecule has 6 heteroatoms. The summed E-state index contributed by atoms with van der Waals surface area (Å²) in [5.41, 5.74) is 0.758. The van der Waals surface area contributed by atoms with Crippen molar-refractivity contribution in [3.63, 3.8) is 0 Å². The average molecular weight is 255 g/mol. The van der Waals surface area contributed by atoms with Crippen LogP contribution in [0.5, 0.6) is 0 Å². The number of carbonyl (C=O) groups excluding carboxylic acids is 1. The fourth-order valence-electron chi connectivity index (χ4n) is 1.25. The summed E-state index contributed by atoms with van der Waals surface area (Å²) in [5.74, 6) is 1.42. The molecule has 1 aromatic rings. The third-order valence-corrected chi connectivity index (χ3v) is 3.46. The van der Waals surface area contributed by atoms with Gasteiger partial charge in [0, 0.05) is 20.3 Å². The maximum atomic E-state index is 11.7. The standard InChI is InChI=1S/C11H17N3O2S/c1-9-12-6-4-10(13-9)8-17(16)7-5-11(15)14(2)3/h4,6H,5,7-8H2,1-3H3. The van der Waals surface area contributed by atoms with Crippen LogP contribution in [0, 0.1) is 6.92 Å². The zero-order chi connectivity index (χ0) is 12.8. The first-order valence-electron chi connectivity index (χ1n) is 5.32. The summed E-state index contributed by atoms with van der Waals surface area (Å²) in [6.45, 7) is 1.79. The van der Waals surface area contributed by atoms with Crippen molar-refractivity contribution in [2.45, 2.75) is 19.1 Å². The van der Waals surface area contributed by atoms with Crippen LogP contribution in [-0.4, -0.2) is 45.2 Å². The van der Waals surface area contributed by atoms with Crippen molar-refractivity contribution in [2.24, 2.45) is 0 Å². The molecule has 1 atom stereocenters. The third kappa shape index (κ3) is 5.14. The van der Waals surface area contributed by atoms with Crippen molar-refractivity contribution in [1.82, 2.24) is 14.9 Å². The van der Waals surface area contributed by atoms with E-state index in [0.717, 1.165) is 5.69 Å². The van der Waals surface area contributed by atoms with Crippen LogP contribution < -0.4 is 0 Å². The molecule has 0 aliphatic rings. The number of nitrogens with zero attached hydrogens (tertiary/aromatic N) is 3. The molecule has 0 aliphatic carbocycles. The predicted molar refractivity (Wildman–Crippen MR) is 66.8 cm³/mol. The number of amides is 1. The summed E-state index contributed by atoms with van der Waals surface area (Å²) in [5, 5.41) is 0. The number of aryl methyl sites for hydroxylation is 1. The summed E-state index contributed by atoms with van der Waals surface area (Å²) < 4.78 is 11.7.